The highest BCUT2D eigenvalue weighted by atomic mass is 16.6. The molecule has 2 rings (SSSR count). The van der Waals surface area contributed by atoms with E-state index in [0.29, 0.717) is 26.3 Å². The zero-order valence-corrected chi connectivity index (χ0v) is 11.5. The number of likely N-dealkylation sites (N-methyl/N-ethyl adjacent to an activating group) is 1. The molecule has 0 atom stereocenters. The van der Waals surface area contributed by atoms with E-state index < -0.39 is 0 Å². The number of nitrogens with zero attached hydrogens (tertiary/aromatic N) is 1. The number of benzene rings is 1. The highest BCUT2D eigenvalue weighted by Gasteiger charge is 2.13. The van der Waals surface area contributed by atoms with Gasteiger partial charge in [-0.15, -0.1) is 6.42 Å². The summed E-state index contributed by atoms with van der Waals surface area (Å²) in [4.78, 5) is 13.5. The van der Waals surface area contributed by atoms with Crippen LogP contribution in [0.4, 0.5) is 0 Å². The predicted octanol–water partition coefficient (Wildman–Crippen LogP) is 0.639. The molecule has 1 amide bonds. The van der Waals surface area contributed by atoms with Crippen LogP contribution in [0.25, 0.3) is 0 Å². The van der Waals surface area contributed by atoms with Crippen molar-refractivity contribution < 1.29 is 14.3 Å². The first-order valence-electron chi connectivity index (χ1n) is 6.46. The molecule has 1 aromatic carbocycles. The molecular formula is C15H18N2O3. The van der Waals surface area contributed by atoms with Crippen molar-refractivity contribution in [3.63, 3.8) is 0 Å². The molecule has 0 radical (unpaired) electrons. The van der Waals surface area contributed by atoms with Gasteiger partial charge >= 0.3 is 0 Å². The van der Waals surface area contributed by atoms with Crippen LogP contribution in [0.1, 0.15) is 5.56 Å². The SMILES string of the molecule is C#CCNC(=O)CN(C)Cc1ccc2c(c1)OCCO2. The van der Waals surface area contributed by atoms with Gasteiger partial charge in [0.05, 0.1) is 13.1 Å². The van der Waals surface area contributed by atoms with Crippen molar-refractivity contribution in [3.8, 4) is 23.8 Å². The van der Waals surface area contributed by atoms with E-state index in [1.165, 1.54) is 0 Å². The van der Waals surface area contributed by atoms with Gasteiger partial charge in [0.25, 0.3) is 0 Å². The van der Waals surface area contributed by atoms with Crippen molar-refractivity contribution >= 4 is 5.91 Å². The molecule has 1 aromatic rings. The van der Waals surface area contributed by atoms with Crippen molar-refractivity contribution in [2.45, 2.75) is 6.54 Å². The van der Waals surface area contributed by atoms with Gasteiger partial charge in [-0.2, -0.15) is 0 Å². The Morgan fingerprint density at radius 3 is 2.90 bits per heavy atom. The fourth-order valence-corrected chi connectivity index (χ4v) is 2.00. The van der Waals surface area contributed by atoms with Gasteiger partial charge in [-0.1, -0.05) is 12.0 Å². The fourth-order valence-electron chi connectivity index (χ4n) is 2.00. The first-order chi connectivity index (χ1) is 9.69. The van der Waals surface area contributed by atoms with Gasteiger partial charge in [-0.25, -0.2) is 0 Å². The zero-order valence-electron chi connectivity index (χ0n) is 11.5. The Labute approximate surface area is 118 Å². The first kappa shape index (κ1) is 14.2. The van der Waals surface area contributed by atoms with Gasteiger partial charge < -0.3 is 14.8 Å². The van der Waals surface area contributed by atoms with Crippen LogP contribution < -0.4 is 14.8 Å². The zero-order chi connectivity index (χ0) is 14.4. The molecule has 1 aliphatic heterocycles. The van der Waals surface area contributed by atoms with Gasteiger partial charge in [0, 0.05) is 6.54 Å². The molecule has 1 aliphatic rings. The Bertz CT molecular complexity index is 522. The summed E-state index contributed by atoms with van der Waals surface area (Å²) in [7, 11) is 1.88. The van der Waals surface area contributed by atoms with Crippen molar-refractivity contribution in [1.29, 1.82) is 0 Å². The van der Waals surface area contributed by atoms with Crippen LogP contribution in [0, 0.1) is 12.3 Å². The predicted molar refractivity (Wildman–Crippen MR) is 75.6 cm³/mol. The van der Waals surface area contributed by atoms with Crippen LogP contribution in [0.5, 0.6) is 11.5 Å². The second-order valence-corrected chi connectivity index (χ2v) is 4.63. The molecule has 0 unspecified atom stereocenters. The lowest BCUT2D eigenvalue weighted by Gasteiger charge is -2.20. The Morgan fingerprint density at radius 1 is 1.40 bits per heavy atom. The first-order valence-corrected chi connectivity index (χ1v) is 6.46. The summed E-state index contributed by atoms with van der Waals surface area (Å²) in [5.41, 5.74) is 1.07. The van der Waals surface area contributed by atoms with Crippen LogP contribution in [0.3, 0.4) is 0 Å². The average Bonchev–Trinajstić information content (AvgIpc) is 2.44. The number of nitrogens with one attached hydrogen (secondary N) is 1. The number of carbonyl (C=O) groups is 1. The number of fused-ring (bicyclic) bond motifs is 1. The fraction of sp³-hybridized carbons (Fsp3) is 0.400. The van der Waals surface area contributed by atoms with E-state index in [1.807, 2.05) is 30.1 Å². The topological polar surface area (TPSA) is 50.8 Å². The molecular weight excluding hydrogens is 256 g/mol. The summed E-state index contributed by atoms with van der Waals surface area (Å²) in [6.45, 7) is 2.37. The van der Waals surface area contributed by atoms with E-state index in [-0.39, 0.29) is 12.5 Å². The second kappa shape index (κ2) is 6.83. The minimum absolute atomic E-state index is 0.0806. The lowest BCUT2D eigenvalue weighted by Crippen LogP contribution is -2.35. The molecule has 1 N–H and O–H groups in total. The number of hydrogen-bond donors (Lipinski definition) is 1. The van der Waals surface area contributed by atoms with E-state index in [1.54, 1.807) is 0 Å². The Kier molecular flexibility index (Phi) is 4.85. The summed E-state index contributed by atoms with van der Waals surface area (Å²) in [5, 5.41) is 2.64. The molecule has 0 aliphatic carbocycles. The number of amides is 1. The monoisotopic (exact) mass is 274 g/mol. The summed E-state index contributed by atoms with van der Waals surface area (Å²) >= 11 is 0. The Hall–Kier alpha value is -2.19. The number of carbonyl (C=O) groups excluding carboxylic acids is 1. The van der Waals surface area contributed by atoms with E-state index in [0.717, 1.165) is 17.1 Å². The van der Waals surface area contributed by atoms with Gasteiger partial charge in [-0.3, -0.25) is 9.69 Å². The molecule has 0 saturated heterocycles. The maximum absolute atomic E-state index is 11.5. The number of terminal acetylenes is 1. The van der Waals surface area contributed by atoms with E-state index in [2.05, 4.69) is 11.2 Å². The van der Waals surface area contributed by atoms with E-state index in [4.69, 9.17) is 15.9 Å². The van der Waals surface area contributed by atoms with Crippen molar-refractivity contribution in [2.75, 3.05) is 33.4 Å². The lowest BCUT2D eigenvalue weighted by molar-refractivity contribution is -0.121. The normalized spacial score (nSPS) is 12.8. The van der Waals surface area contributed by atoms with Gasteiger partial charge in [0.1, 0.15) is 13.2 Å². The number of ether oxygens (including phenoxy) is 2. The maximum Gasteiger partial charge on any atom is 0.234 e. The summed E-state index contributed by atoms with van der Waals surface area (Å²) < 4.78 is 11.0. The van der Waals surface area contributed by atoms with Gasteiger partial charge in [0.15, 0.2) is 11.5 Å². The molecule has 106 valence electrons. The third kappa shape index (κ3) is 3.90. The van der Waals surface area contributed by atoms with Crippen molar-refractivity contribution in [2.24, 2.45) is 0 Å². The average molecular weight is 274 g/mol. The third-order valence-electron chi connectivity index (χ3n) is 2.86. The molecule has 5 heteroatoms. The molecule has 0 spiro atoms. The number of hydrogen-bond acceptors (Lipinski definition) is 4. The minimum atomic E-state index is -0.0806. The largest absolute Gasteiger partial charge is 0.486 e. The second-order valence-electron chi connectivity index (χ2n) is 4.63. The molecule has 0 fully saturated rings. The highest BCUT2D eigenvalue weighted by molar-refractivity contribution is 5.78. The van der Waals surface area contributed by atoms with Crippen molar-refractivity contribution in [1.82, 2.24) is 10.2 Å². The minimum Gasteiger partial charge on any atom is -0.486 e. The maximum atomic E-state index is 11.5. The van der Waals surface area contributed by atoms with E-state index >= 15 is 0 Å². The Morgan fingerprint density at radius 2 is 2.15 bits per heavy atom. The molecule has 0 saturated carbocycles. The summed E-state index contributed by atoms with van der Waals surface area (Å²) in [6, 6.07) is 5.82. The lowest BCUT2D eigenvalue weighted by atomic mass is 10.2. The molecule has 20 heavy (non-hydrogen) atoms. The van der Waals surface area contributed by atoms with E-state index in [9.17, 15) is 4.79 Å². The smallest absolute Gasteiger partial charge is 0.234 e. The molecule has 5 nitrogen and oxygen atoms in total. The van der Waals surface area contributed by atoms with Gasteiger partial charge in [0.2, 0.25) is 5.91 Å². The molecule has 1 heterocycles. The van der Waals surface area contributed by atoms with Crippen LogP contribution in [-0.2, 0) is 11.3 Å². The quantitative estimate of drug-likeness (QED) is 0.801. The van der Waals surface area contributed by atoms with Crippen LogP contribution >= 0.6 is 0 Å². The summed E-state index contributed by atoms with van der Waals surface area (Å²) in [6.07, 6.45) is 5.09. The van der Waals surface area contributed by atoms with Crippen molar-refractivity contribution in [3.05, 3.63) is 23.8 Å². The van der Waals surface area contributed by atoms with Crippen LogP contribution in [-0.4, -0.2) is 44.2 Å². The molecule has 0 aromatic heterocycles. The molecule has 0 bridgehead atoms. The van der Waals surface area contributed by atoms with Crippen LogP contribution in [0.2, 0.25) is 0 Å². The Balaban J connectivity index is 1.89. The highest BCUT2D eigenvalue weighted by Crippen LogP contribution is 2.30. The standard InChI is InChI=1S/C15H18N2O3/c1-3-6-16-15(18)11-17(2)10-12-4-5-13-14(9-12)20-8-7-19-13/h1,4-5,9H,6-8,10-11H2,2H3,(H,16,18). The summed E-state index contributed by atoms with van der Waals surface area (Å²) in [5.74, 6) is 3.83. The van der Waals surface area contributed by atoms with Crippen LogP contribution in [0.15, 0.2) is 18.2 Å². The van der Waals surface area contributed by atoms with Gasteiger partial charge in [-0.05, 0) is 24.7 Å². The third-order valence-corrected chi connectivity index (χ3v) is 2.86. The number of rotatable bonds is 5.